The number of aromatic amines is 1. The molecule has 0 aliphatic rings. The van der Waals surface area contributed by atoms with Crippen molar-refractivity contribution in [3.05, 3.63) is 40.7 Å². The minimum atomic E-state index is -0.240. The molecule has 1 heterocycles. The first kappa shape index (κ1) is 11.2. The first-order chi connectivity index (χ1) is 8.24. The third kappa shape index (κ3) is 2.28. The zero-order valence-electron chi connectivity index (χ0n) is 9.56. The molecular weight excluding hydrogens is 220 g/mol. The Morgan fingerprint density at radius 1 is 1.12 bits per heavy atom. The van der Waals surface area contributed by atoms with E-state index in [1.54, 1.807) is 38.5 Å². The predicted molar refractivity (Wildman–Crippen MR) is 63.4 cm³/mol. The Morgan fingerprint density at radius 2 is 1.94 bits per heavy atom. The van der Waals surface area contributed by atoms with Crippen molar-refractivity contribution in [1.29, 1.82) is 0 Å². The minimum Gasteiger partial charge on any atom is -0.497 e. The van der Waals surface area contributed by atoms with Crippen LogP contribution in [0.1, 0.15) is 0 Å². The van der Waals surface area contributed by atoms with Crippen LogP contribution in [0.4, 0.5) is 0 Å². The van der Waals surface area contributed by atoms with Gasteiger partial charge in [-0.3, -0.25) is 4.79 Å². The smallest absolute Gasteiger partial charge is 0.264 e. The van der Waals surface area contributed by atoms with Crippen LogP contribution in [0.5, 0.6) is 11.5 Å². The maximum absolute atomic E-state index is 11.0. The molecular formula is C12H12N2O3. The number of rotatable bonds is 3. The van der Waals surface area contributed by atoms with E-state index in [1.165, 1.54) is 6.07 Å². The molecule has 2 rings (SSSR count). The summed E-state index contributed by atoms with van der Waals surface area (Å²) in [5.74, 6) is 1.37. The molecule has 0 saturated heterocycles. The van der Waals surface area contributed by atoms with Crippen LogP contribution in [0, 0.1) is 0 Å². The third-order valence-electron chi connectivity index (χ3n) is 2.36. The molecule has 0 unspecified atom stereocenters. The van der Waals surface area contributed by atoms with Gasteiger partial charge in [0.05, 0.1) is 19.9 Å². The van der Waals surface area contributed by atoms with Crippen LogP contribution in [-0.2, 0) is 0 Å². The fraction of sp³-hybridized carbons (Fsp3) is 0.167. The second-order valence-electron chi connectivity index (χ2n) is 3.37. The van der Waals surface area contributed by atoms with Gasteiger partial charge in [0, 0.05) is 11.6 Å². The van der Waals surface area contributed by atoms with Gasteiger partial charge in [0.1, 0.15) is 11.5 Å². The van der Waals surface area contributed by atoms with Crippen LogP contribution >= 0.6 is 0 Å². The maximum Gasteiger partial charge on any atom is 0.264 e. The highest BCUT2D eigenvalue weighted by Crippen LogP contribution is 2.31. The second-order valence-corrected chi connectivity index (χ2v) is 3.37. The molecule has 88 valence electrons. The van der Waals surface area contributed by atoms with E-state index >= 15 is 0 Å². The van der Waals surface area contributed by atoms with Gasteiger partial charge >= 0.3 is 0 Å². The van der Waals surface area contributed by atoms with Gasteiger partial charge in [-0.15, -0.1) is 0 Å². The molecule has 5 nitrogen and oxygen atoms in total. The van der Waals surface area contributed by atoms with Crippen LogP contribution in [0.3, 0.4) is 0 Å². The van der Waals surface area contributed by atoms with Crippen molar-refractivity contribution in [1.82, 2.24) is 10.2 Å². The molecule has 1 N–H and O–H groups in total. The number of hydrogen-bond donors (Lipinski definition) is 1. The summed E-state index contributed by atoms with van der Waals surface area (Å²) in [4.78, 5) is 11.0. The normalized spacial score (nSPS) is 10.0. The summed E-state index contributed by atoms with van der Waals surface area (Å²) in [7, 11) is 3.17. The number of aromatic nitrogens is 2. The lowest BCUT2D eigenvalue weighted by atomic mass is 10.1. The topological polar surface area (TPSA) is 64.2 Å². The molecule has 1 aromatic carbocycles. The molecule has 17 heavy (non-hydrogen) atoms. The fourth-order valence-electron chi connectivity index (χ4n) is 1.51. The molecule has 0 saturated carbocycles. The Labute approximate surface area is 98.0 Å². The summed E-state index contributed by atoms with van der Waals surface area (Å²) >= 11 is 0. The van der Waals surface area contributed by atoms with Crippen molar-refractivity contribution in [2.75, 3.05) is 14.2 Å². The summed E-state index contributed by atoms with van der Waals surface area (Å²) < 4.78 is 10.4. The van der Waals surface area contributed by atoms with Crippen LogP contribution in [0.25, 0.3) is 11.3 Å². The number of benzene rings is 1. The van der Waals surface area contributed by atoms with E-state index in [2.05, 4.69) is 10.2 Å². The first-order valence-electron chi connectivity index (χ1n) is 5.02. The van der Waals surface area contributed by atoms with Crippen LogP contribution < -0.4 is 15.0 Å². The van der Waals surface area contributed by atoms with E-state index in [0.717, 1.165) is 5.56 Å². The number of nitrogens with zero attached hydrogens (tertiary/aromatic N) is 1. The van der Waals surface area contributed by atoms with Crippen molar-refractivity contribution >= 4 is 0 Å². The van der Waals surface area contributed by atoms with Crippen molar-refractivity contribution in [2.24, 2.45) is 0 Å². The second kappa shape index (κ2) is 4.69. The number of methoxy groups -OCH3 is 2. The third-order valence-corrected chi connectivity index (χ3v) is 2.36. The molecule has 0 bridgehead atoms. The standard InChI is InChI=1S/C12H12N2O3/c1-16-8-3-5-11(17-2)9(7-8)10-4-6-12(15)14-13-10/h3-7H,1-2H3,(H,14,15). The summed E-state index contributed by atoms with van der Waals surface area (Å²) in [6.45, 7) is 0. The van der Waals surface area contributed by atoms with E-state index in [4.69, 9.17) is 9.47 Å². The Balaban J connectivity index is 2.55. The molecule has 2 aromatic rings. The fourth-order valence-corrected chi connectivity index (χ4v) is 1.51. The first-order valence-corrected chi connectivity index (χ1v) is 5.02. The van der Waals surface area contributed by atoms with E-state index in [1.807, 2.05) is 0 Å². The summed E-state index contributed by atoms with van der Waals surface area (Å²) in [5, 5.41) is 6.34. The van der Waals surface area contributed by atoms with Gasteiger partial charge in [-0.25, -0.2) is 5.10 Å². The number of nitrogens with one attached hydrogen (secondary N) is 1. The van der Waals surface area contributed by atoms with Gasteiger partial charge < -0.3 is 9.47 Å². The van der Waals surface area contributed by atoms with Crippen molar-refractivity contribution in [2.45, 2.75) is 0 Å². The molecule has 0 spiro atoms. The molecule has 0 fully saturated rings. The van der Waals surface area contributed by atoms with E-state index in [9.17, 15) is 4.79 Å². The van der Waals surface area contributed by atoms with Gasteiger partial charge in [0.25, 0.3) is 5.56 Å². The quantitative estimate of drug-likeness (QED) is 0.870. The van der Waals surface area contributed by atoms with Gasteiger partial charge in [-0.2, -0.15) is 5.10 Å². The van der Waals surface area contributed by atoms with E-state index < -0.39 is 0 Å². The van der Waals surface area contributed by atoms with Crippen molar-refractivity contribution in [3.8, 4) is 22.8 Å². The Kier molecular flexibility index (Phi) is 3.09. The highest BCUT2D eigenvalue weighted by molar-refractivity contribution is 5.68. The van der Waals surface area contributed by atoms with Gasteiger partial charge in [0.2, 0.25) is 0 Å². The maximum atomic E-state index is 11.0. The van der Waals surface area contributed by atoms with Gasteiger partial charge in [0.15, 0.2) is 0 Å². The highest BCUT2D eigenvalue weighted by atomic mass is 16.5. The molecule has 1 aromatic heterocycles. The van der Waals surface area contributed by atoms with E-state index in [-0.39, 0.29) is 5.56 Å². The Bertz CT molecular complexity index is 558. The van der Waals surface area contributed by atoms with Gasteiger partial charge in [-0.1, -0.05) is 0 Å². The SMILES string of the molecule is COc1ccc(OC)c(-c2ccc(=O)[nH]n2)c1. The van der Waals surface area contributed by atoms with Gasteiger partial charge in [-0.05, 0) is 24.3 Å². The van der Waals surface area contributed by atoms with Crippen LogP contribution in [-0.4, -0.2) is 24.4 Å². The van der Waals surface area contributed by atoms with E-state index in [0.29, 0.717) is 17.2 Å². The number of H-pyrrole nitrogens is 1. The molecule has 0 atom stereocenters. The largest absolute Gasteiger partial charge is 0.497 e. The molecule has 5 heteroatoms. The molecule has 0 aliphatic carbocycles. The lowest BCUT2D eigenvalue weighted by Gasteiger charge is -2.09. The zero-order valence-corrected chi connectivity index (χ0v) is 9.56. The summed E-state index contributed by atoms with van der Waals surface area (Å²) in [6.07, 6.45) is 0. The Hall–Kier alpha value is -2.30. The van der Waals surface area contributed by atoms with Crippen LogP contribution in [0.15, 0.2) is 35.1 Å². The monoisotopic (exact) mass is 232 g/mol. The van der Waals surface area contributed by atoms with Crippen molar-refractivity contribution < 1.29 is 9.47 Å². The minimum absolute atomic E-state index is 0.240. The zero-order chi connectivity index (χ0) is 12.3. The average Bonchev–Trinajstić information content (AvgIpc) is 2.39. The lowest BCUT2D eigenvalue weighted by Crippen LogP contribution is -2.06. The van der Waals surface area contributed by atoms with Crippen molar-refractivity contribution in [3.63, 3.8) is 0 Å². The number of hydrogen-bond acceptors (Lipinski definition) is 4. The summed E-state index contributed by atoms with van der Waals surface area (Å²) in [6, 6.07) is 8.45. The molecule has 0 amide bonds. The molecule has 0 radical (unpaired) electrons. The number of ether oxygens (including phenoxy) is 2. The lowest BCUT2D eigenvalue weighted by molar-refractivity contribution is 0.404. The average molecular weight is 232 g/mol. The highest BCUT2D eigenvalue weighted by Gasteiger charge is 2.08. The summed E-state index contributed by atoms with van der Waals surface area (Å²) in [5.41, 5.74) is 1.15. The Morgan fingerprint density at radius 3 is 2.53 bits per heavy atom. The predicted octanol–water partition coefficient (Wildman–Crippen LogP) is 1.45. The molecule has 0 aliphatic heterocycles. The van der Waals surface area contributed by atoms with Crippen LogP contribution in [0.2, 0.25) is 0 Å².